The van der Waals surface area contributed by atoms with Crippen molar-refractivity contribution >= 4 is 50.7 Å². The summed E-state index contributed by atoms with van der Waals surface area (Å²) in [5.74, 6) is 0.0305. The van der Waals surface area contributed by atoms with Crippen LogP contribution < -0.4 is 11.1 Å². The molecule has 0 spiro atoms. The Morgan fingerprint density at radius 2 is 1.97 bits per heavy atom. The van der Waals surface area contributed by atoms with Gasteiger partial charge in [0.05, 0.1) is 15.6 Å². The predicted octanol–water partition coefficient (Wildman–Crippen LogP) is 4.87. The molecule has 12 heteroatoms. The second-order valence-corrected chi connectivity index (χ2v) is 9.48. The molecule has 170 valence electrons. The quantitative estimate of drug-likeness (QED) is 0.423. The van der Waals surface area contributed by atoms with Gasteiger partial charge in [-0.1, -0.05) is 41.9 Å². The summed E-state index contributed by atoms with van der Waals surface area (Å²) in [6.45, 7) is 1.74. The Kier molecular flexibility index (Phi) is 4.87. The molecule has 0 bridgehead atoms. The highest BCUT2D eigenvalue weighted by Gasteiger charge is 2.47. The van der Waals surface area contributed by atoms with Gasteiger partial charge in [0.15, 0.2) is 0 Å². The minimum Gasteiger partial charge on any atom is -0.383 e. The first-order chi connectivity index (χ1) is 15.6. The summed E-state index contributed by atoms with van der Waals surface area (Å²) < 4.78 is 40.1. The molecular weight excluding hydrogens is 477 g/mol. The summed E-state index contributed by atoms with van der Waals surface area (Å²) >= 11 is 7.27. The van der Waals surface area contributed by atoms with Gasteiger partial charge in [0.25, 0.3) is 5.95 Å². The van der Waals surface area contributed by atoms with Crippen LogP contribution in [0.3, 0.4) is 0 Å². The molecule has 1 aliphatic heterocycles. The van der Waals surface area contributed by atoms with Crippen molar-refractivity contribution in [2.24, 2.45) is 0 Å². The van der Waals surface area contributed by atoms with Gasteiger partial charge in [-0.15, -0.1) is 11.3 Å². The van der Waals surface area contributed by atoms with E-state index in [9.17, 15) is 18.0 Å². The molecule has 0 aliphatic carbocycles. The lowest BCUT2D eigenvalue weighted by Gasteiger charge is -2.23. The Morgan fingerprint density at radius 1 is 1.24 bits per heavy atom. The monoisotopic (exact) mass is 492 g/mol. The van der Waals surface area contributed by atoms with Crippen LogP contribution in [0.25, 0.3) is 16.2 Å². The molecule has 33 heavy (non-hydrogen) atoms. The third kappa shape index (κ3) is 3.51. The highest BCUT2D eigenvalue weighted by molar-refractivity contribution is 7.22. The van der Waals surface area contributed by atoms with Gasteiger partial charge >= 0.3 is 6.18 Å². The Morgan fingerprint density at radius 3 is 2.67 bits per heavy atom. The molecule has 1 amide bonds. The van der Waals surface area contributed by atoms with E-state index in [1.54, 1.807) is 13.0 Å². The maximum Gasteiger partial charge on any atom is 0.389 e. The number of alkyl halides is 3. The number of thiophene rings is 1. The molecule has 0 fully saturated rings. The molecule has 0 radical (unpaired) electrons. The third-order valence-corrected chi connectivity index (χ3v) is 6.94. The standard InChI is InChI=1S/C21H16ClF3N6OS/c1-20(10-5-3-2-4-6-10)14-15(26)27-19(29-16(14)28-18(20)32)31-17-11(9-13(22)33-17)12(30-31)7-8-21(23,24)25/h2-6,9H,7-8H2,1H3,(H3,26,27,28,29,32). The highest BCUT2D eigenvalue weighted by atomic mass is 35.5. The van der Waals surface area contributed by atoms with Crippen molar-refractivity contribution < 1.29 is 18.0 Å². The number of fused-ring (bicyclic) bond motifs is 2. The molecule has 1 atom stereocenters. The van der Waals surface area contributed by atoms with Crippen molar-refractivity contribution in [2.75, 3.05) is 11.1 Å². The summed E-state index contributed by atoms with van der Waals surface area (Å²) in [6.07, 6.45) is -5.66. The first-order valence-corrected chi connectivity index (χ1v) is 11.1. The number of carbonyl (C=O) groups excluding carboxylic acids is 1. The van der Waals surface area contributed by atoms with Crippen LogP contribution in [-0.2, 0) is 16.6 Å². The number of aryl methyl sites for hydroxylation is 1. The van der Waals surface area contributed by atoms with Crippen LogP contribution in [0.2, 0.25) is 4.34 Å². The van der Waals surface area contributed by atoms with Crippen molar-refractivity contribution in [1.82, 2.24) is 19.7 Å². The number of nitrogen functional groups attached to an aromatic ring is 1. The Labute approximate surface area is 194 Å². The summed E-state index contributed by atoms with van der Waals surface area (Å²) in [4.78, 5) is 22.3. The molecule has 0 saturated heterocycles. The van der Waals surface area contributed by atoms with Crippen molar-refractivity contribution in [1.29, 1.82) is 0 Å². The van der Waals surface area contributed by atoms with Crippen LogP contribution in [0.5, 0.6) is 0 Å². The van der Waals surface area contributed by atoms with E-state index in [0.717, 1.165) is 16.9 Å². The molecule has 5 rings (SSSR count). The number of halogens is 4. The van der Waals surface area contributed by atoms with Gasteiger partial charge in [0.1, 0.15) is 21.9 Å². The van der Waals surface area contributed by atoms with Gasteiger partial charge in [0, 0.05) is 18.2 Å². The first-order valence-electron chi connectivity index (χ1n) is 9.87. The lowest BCUT2D eigenvalue weighted by atomic mass is 9.78. The van der Waals surface area contributed by atoms with Gasteiger partial charge < -0.3 is 11.1 Å². The molecular formula is C21H16ClF3N6OS. The van der Waals surface area contributed by atoms with Crippen LogP contribution in [0.15, 0.2) is 36.4 Å². The number of benzene rings is 1. The molecule has 3 N–H and O–H groups in total. The lowest BCUT2D eigenvalue weighted by Crippen LogP contribution is -2.32. The largest absolute Gasteiger partial charge is 0.389 e. The number of nitrogens with zero attached hydrogens (tertiary/aromatic N) is 4. The number of anilines is 2. The molecule has 1 unspecified atom stereocenters. The van der Waals surface area contributed by atoms with Crippen molar-refractivity contribution in [3.8, 4) is 5.95 Å². The van der Waals surface area contributed by atoms with Crippen LogP contribution in [-0.4, -0.2) is 31.8 Å². The number of nitrogens with two attached hydrogens (primary N) is 1. The number of rotatable bonds is 4. The van der Waals surface area contributed by atoms with Gasteiger partial charge in [-0.2, -0.15) is 32.9 Å². The third-order valence-electron chi connectivity index (χ3n) is 5.70. The summed E-state index contributed by atoms with van der Waals surface area (Å²) in [7, 11) is 0. The molecule has 0 saturated carbocycles. The maximum atomic E-state index is 13.0. The van der Waals surface area contributed by atoms with Crippen LogP contribution in [0, 0.1) is 0 Å². The molecule has 1 aliphatic rings. The number of nitrogens with one attached hydrogen (secondary N) is 1. The van der Waals surface area contributed by atoms with Gasteiger partial charge in [-0.05, 0) is 18.6 Å². The zero-order valence-corrected chi connectivity index (χ0v) is 18.6. The molecule has 4 aromatic rings. The number of hydrogen-bond donors (Lipinski definition) is 2. The SMILES string of the molecule is CC1(c2ccccc2)C(=O)Nc2nc(-n3nc(CCC(F)(F)F)c4cc(Cl)sc43)nc(N)c21. The first kappa shape index (κ1) is 21.7. The number of carbonyl (C=O) groups is 1. The Hall–Kier alpha value is -3.18. The van der Waals surface area contributed by atoms with Crippen molar-refractivity contribution in [3.63, 3.8) is 0 Å². The van der Waals surface area contributed by atoms with E-state index in [-0.39, 0.29) is 35.6 Å². The van der Waals surface area contributed by atoms with Crippen molar-refractivity contribution in [2.45, 2.75) is 31.4 Å². The average Bonchev–Trinajstić information content (AvgIpc) is 3.37. The molecule has 4 heterocycles. The van der Waals surface area contributed by atoms with E-state index in [2.05, 4.69) is 20.4 Å². The summed E-state index contributed by atoms with van der Waals surface area (Å²) in [5, 5.41) is 7.57. The van der Waals surface area contributed by atoms with E-state index in [0.29, 0.717) is 20.1 Å². The van der Waals surface area contributed by atoms with E-state index in [4.69, 9.17) is 17.3 Å². The van der Waals surface area contributed by atoms with Crippen molar-refractivity contribution in [3.05, 3.63) is 57.6 Å². The van der Waals surface area contributed by atoms with E-state index < -0.39 is 18.0 Å². The summed E-state index contributed by atoms with van der Waals surface area (Å²) in [6, 6.07) is 10.7. The normalized spacial score (nSPS) is 18.0. The van der Waals surface area contributed by atoms with E-state index >= 15 is 0 Å². The fourth-order valence-electron chi connectivity index (χ4n) is 4.05. The zero-order valence-electron chi connectivity index (χ0n) is 17.1. The molecule has 1 aromatic carbocycles. The highest BCUT2D eigenvalue weighted by Crippen LogP contribution is 2.44. The number of amides is 1. The van der Waals surface area contributed by atoms with Crippen LogP contribution >= 0.6 is 22.9 Å². The van der Waals surface area contributed by atoms with Crippen LogP contribution in [0.4, 0.5) is 24.8 Å². The zero-order chi connectivity index (χ0) is 23.5. The Bertz CT molecular complexity index is 1400. The minimum atomic E-state index is -4.32. The second-order valence-electron chi connectivity index (χ2n) is 7.82. The fraction of sp³-hybridized carbons (Fsp3) is 0.238. The minimum absolute atomic E-state index is 0.0330. The molecule has 7 nitrogen and oxygen atoms in total. The number of hydrogen-bond acceptors (Lipinski definition) is 6. The van der Waals surface area contributed by atoms with E-state index in [1.807, 2.05) is 30.3 Å². The second kappa shape index (κ2) is 7.42. The van der Waals surface area contributed by atoms with Gasteiger partial charge in [-0.25, -0.2) is 0 Å². The van der Waals surface area contributed by atoms with Gasteiger partial charge in [0.2, 0.25) is 5.91 Å². The van der Waals surface area contributed by atoms with Gasteiger partial charge in [-0.3, -0.25) is 4.79 Å². The fourth-order valence-corrected chi connectivity index (χ4v) is 5.24. The molecule has 3 aromatic heterocycles. The number of aromatic nitrogens is 4. The predicted molar refractivity (Wildman–Crippen MR) is 120 cm³/mol. The van der Waals surface area contributed by atoms with Crippen LogP contribution in [0.1, 0.15) is 30.2 Å². The Balaban J connectivity index is 1.63. The lowest BCUT2D eigenvalue weighted by molar-refractivity contribution is -0.134. The smallest absolute Gasteiger partial charge is 0.383 e. The maximum absolute atomic E-state index is 13.0. The van der Waals surface area contributed by atoms with E-state index in [1.165, 1.54) is 4.68 Å². The topological polar surface area (TPSA) is 98.7 Å². The summed E-state index contributed by atoms with van der Waals surface area (Å²) in [5.41, 5.74) is 6.60. The average molecular weight is 493 g/mol.